The second-order valence-electron chi connectivity index (χ2n) is 8.49. The van der Waals surface area contributed by atoms with Crippen LogP contribution < -0.4 is 25.0 Å². The molecule has 4 rings (SSSR count). The molecule has 9 heteroatoms. The van der Waals surface area contributed by atoms with Crippen LogP contribution in [0.15, 0.2) is 71.4 Å². The molecule has 3 aromatic carbocycles. The maximum absolute atomic E-state index is 13.2. The number of imide groups is 1. The van der Waals surface area contributed by atoms with Crippen LogP contribution in [-0.2, 0) is 22.4 Å². The van der Waals surface area contributed by atoms with E-state index in [4.69, 9.17) is 21.1 Å². The second-order valence-corrected chi connectivity index (χ2v) is 8.87. The molecule has 1 heterocycles. The third-order valence-electron chi connectivity index (χ3n) is 6.31. The van der Waals surface area contributed by atoms with Crippen molar-refractivity contribution in [1.29, 1.82) is 0 Å². The van der Waals surface area contributed by atoms with Gasteiger partial charge in [0, 0.05) is 23.0 Å². The Labute approximate surface area is 226 Å². The molecule has 0 bridgehead atoms. The number of hydrogen-bond acceptors (Lipinski definition) is 6. The number of aryl methyl sites for hydroxylation is 2. The maximum Gasteiger partial charge on any atom is 0.283 e. The van der Waals surface area contributed by atoms with Gasteiger partial charge in [0.25, 0.3) is 17.7 Å². The minimum absolute atomic E-state index is 0.0804. The lowest BCUT2D eigenvalue weighted by atomic mass is 10.0. The van der Waals surface area contributed by atoms with Crippen LogP contribution in [0.3, 0.4) is 0 Å². The maximum atomic E-state index is 13.2. The number of nitrogens with one attached hydrogen (secondary N) is 2. The summed E-state index contributed by atoms with van der Waals surface area (Å²) >= 11 is 6.29. The average Bonchev–Trinajstić information content (AvgIpc) is 3.15. The normalized spacial score (nSPS) is 13.1. The van der Waals surface area contributed by atoms with Gasteiger partial charge < -0.3 is 20.1 Å². The lowest BCUT2D eigenvalue weighted by Gasteiger charge is -2.19. The number of carbonyl (C=O) groups is 3. The minimum Gasteiger partial charge on any atom is -0.497 e. The Hall–Kier alpha value is -4.30. The van der Waals surface area contributed by atoms with E-state index in [0.29, 0.717) is 22.7 Å². The fraction of sp³-hybridized carbons (Fsp3) is 0.207. The van der Waals surface area contributed by atoms with Gasteiger partial charge in [-0.2, -0.15) is 0 Å². The van der Waals surface area contributed by atoms with Crippen LogP contribution in [0.1, 0.15) is 35.3 Å². The highest BCUT2D eigenvalue weighted by molar-refractivity contribution is 6.53. The van der Waals surface area contributed by atoms with E-state index in [1.165, 1.54) is 20.3 Å². The van der Waals surface area contributed by atoms with Gasteiger partial charge in [0.05, 0.1) is 19.9 Å². The van der Waals surface area contributed by atoms with E-state index in [1.54, 1.807) is 36.4 Å². The van der Waals surface area contributed by atoms with Crippen LogP contribution in [-0.4, -0.2) is 31.9 Å². The smallest absolute Gasteiger partial charge is 0.283 e. The number of benzene rings is 3. The largest absolute Gasteiger partial charge is 0.497 e. The van der Waals surface area contributed by atoms with E-state index in [9.17, 15) is 14.4 Å². The van der Waals surface area contributed by atoms with Gasteiger partial charge in [-0.05, 0) is 60.4 Å². The van der Waals surface area contributed by atoms with Crippen molar-refractivity contribution in [2.24, 2.45) is 0 Å². The zero-order chi connectivity index (χ0) is 27.4. The molecule has 0 atom stereocenters. The second kappa shape index (κ2) is 11.4. The molecule has 0 saturated carbocycles. The number of para-hydroxylation sites is 1. The van der Waals surface area contributed by atoms with Crippen LogP contribution in [0.5, 0.6) is 11.5 Å². The molecule has 2 N–H and O–H groups in total. The number of hydrogen-bond donors (Lipinski definition) is 2. The number of carbonyl (C=O) groups excluding carboxylic acids is 3. The zero-order valence-corrected chi connectivity index (χ0v) is 22.3. The van der Waals surface area contributed by atoms with Crippen LogP contribution in [0.2, 0.25) is 0 Å². The Morgan fingerprint density at radius 1 is 0.895 bits per heavy atom. The van der Waals surface area contributed by atoms with Crippen molar-refractivity contribution >= 4 is 46.4 Å². The minimum atomic E-state index is -0.692. The summed E-state index contributed by atoms with van der Waals surface area (Å²) in [5.41, 5.74) is 4.03. The lowest BCUT2D eigenvalue weighted by Crippen LogP contribution is -2.32. The van der Waals surface area contributed by atoms with E-state index in [1.807, 2.05) is 32.0 Å². The monoisotopic (exact) mass is 533 g/mol. The van der Waals surface area contributed by atoms with Crippen molar-refractivity contribution in [2.45, 2.75) is 26.7 Å². The van der Waals surface area contributed by atoms with E-state index in [2.05, 4.69) is 10.6 Å². The highest BCUT2D eigenvalue weighted by Crippen LogP contribution is 2.38. The quantitative estimate of drug-likeness (QED) is 0.352. The summed E-state index contributed by atoms with van der Waals surface area (Å²) < 4.78 is 10.6. The number of nitrogens with zero attached hydrogens (tertiary/aromatic N) is 1. The Morgan fingerprint density at radius 2 is 1.55 bits per heavy atom. The Bertz CT molecular complexity index is 1410. The fourth-order valence-corrected chi connectivity index (χ4v) is 4.45. The van der Waals surface area contributed by atoms with Gasteiger partial charge in [-0.3, -0.25) is 14.4 Å². The van der Waals surface area contributed by atoms with Crippen LogP contribution in [0.25, 0.3) is 0 Å². The molecule has 0 aliphatic carbocycles. The lowest BCUT2D eigenvalue weighted by molar-refractivity contribution is -0.120. The first kappa shape index (κ1) is 26.8. The zero-order valence-electron chi connectivity index (χ0n) is 21.6. The molecule has 0 aromatic heterocycles. The third-order valence-corrected chi connectivity index (χ3v) is 6.66. The Morgan fingerprint density at radius 3 is 2.13 bits per heavy atom. The van der Waals surface area contributed by atoms with Crippen LogP contribution in [0.4, 0.5) is 17.1 Å². The third kappa shape index (κ3) is 5.08. The highest BCUT2D eigenvalue weighted by Gasteiger charge is 2.40. The number of halogens is 1. The molecular weight excluding hydrogens is 506 g/mol. The summed E-state index contributed by atoms with van der Waals surface area (Å²) in [4.78, 5) is 40.1. The molecular formula is C29H28ClN3O5. The fourth-order valence-electron chi connectivity index (χ4n) is 4.24. The summed E-state index contributed by atoms with van der Waals surface area (Å²) in [7, 11) is 2.92. The van der Waals surface area contributed by atoms with E-state index in [0.717, 1.165) is 34.6 Å². The molecule has 38 heavy (non-hydrogen) atoms. The van der Waals surface area contributed by atoms with Crippen molar-refractivity contribution < 1.29 is 23.9 Å². The molecule has 8 nitrogen and oxygen atoms in total. The standard InChI is InChI=1S/C29H28ClN3O5/c1-5-17-8-7-9-18(6-2)25(17)32-27(34)19-10-12-20(13-11-19)31-26-24(30)28(35)33(29(26)36)22-16-21(37-3)14-15-23(22)38-4/h7-16,31H,5-6H2,1-4H3,(H,32,34). The van der Waals surface area contributed by atoms with E-state index >= 15 is 0 Å². The van der Waals surface area contributed by atoms with Crippen molar-refractivity contribution in [2.75, 3.05) is 29.8 Å². The molecule has 0 radical (unpaired) electrons. The first-order valence-corrected chi connectivity index (χ1v) is 12.5. The molecule has 0 spiro atoms. The summed E-state index contributed by atoms with van der Waals surface area (Å²) in [6.07, 6.45) is 1.60. The highest BCUT2D eigenvalue weighted by atomic mass is 35.5. The predicted molar refractivity (Wildman–Crippen MR) is 148 cm³/mol. The predicted octanol–water partition coefficient (Wildman–Crippen LogP) is 5.52. The van der Waals surface area contributed by atoms with Crippen molar-refractivity contribution in [3.05, 3.63) is 88.1 Å². The first-order valence-electron chi connectivity index (χ1n) is 12.1. The van der Waals surface area contributed by atoms with Gasteiger partial charge in [-0.15, -0.1) is 0 Å². The molecule has 3 aromatic rings. The van der Waals surface area contributed by atoms with Gasteiger partial charge in [-0.1, -0.05) is 43.6 Å². The summed E-state index contributed by atoms with van der Waals surface area (Å²) in [6.45, 7) is 4.09. The van der Waals surface area contributed by atoms with Crippen molar-refractivity contribution in [3.8, 4) is 11.5 Å². The SMILES string of the molecule is CCc1cccc(CC)c1NC(=O)c1ccc(NC2=C(Cl)C(=O)N(c3cc(OC)ccc3OC)C2=O)cc1. The number of methoxy groups -OCH3 is 2. The number of rotatable bonds is 9. The summed E-state index contributed by atoms with van der Waals surface area (Å²) in [6, 6.07) is 17.3. The van der Waals surface area contributed by atoms with Gasteiger partial charge in [0.1, 0.15) is 22.2 Å². The van der Waals surface area contributed by atoms with Crippen LogP contribution >= 0.6 is 11.6 Å². The molecule has 0 saturated heterocycles. The summed E-state index contributed by atoms with van der Waals surface area (Å²) in [5.74, 6) is -0.822. The molecule has 0 unspecified atom stereocenters. The molecule has 196 valence electrons. The number of amides is 3. The topological polar surface area (TPSA) is 97.0 Å². The van der Waals surface area contributed by atoms with Gasteiger partial charge >= 0.3 is 0 Å². The number of anilines is 3. The van der Waals surface area contributed by atoms with Gasteiger partial charge in [0.15, 0.2) is 0 Å². The molecule has 1 aliphatic rings. The Balaban J connectivity index is 1.53. The molecule has 0 fully saturated rings. The number of ether oxygens (including phenoxy) is 2. The van der Waals surface area contributed by atoms with Crippen molar-refractivity contribution in [3.63, 3.8) is 0 Å². The molecule has 3 amide bonds. The van der Waals surface area contributed by atoms with Crippen LogP contribution in [0, 0.1) is 0 Å². The summed E-state index contributed by atoms with van der Waals surface area (Å²) in [5, 5.41) is 5.70. The van der Waals surface area contributed by atoms with E-state index < -0.39 is 11.8 Å². The van der Waals surface area contributed by atoms with E-state index in [-0.39, 0.29) is 22.3 Å². The van der Waals surface area contributed by atoms with Crippen molar-refractivity contribution in [1.82, 2.24) is 0 Å². The first-order chi connectivity index (χ1) is 18.3. The van der Waals surface area contributed by atoms with Gasteiger partial charge in [0.2, 0.25) is 0 Å². The average molecular weight is 534 g/mol. The van der Waals surface area contributed by atoms with Gasteiger partial charge in [-0.25, -0.2) is 4.90 Å². The molecule has 1 aliphatic heterocycles. The Kier molecular flexibility index (Phi) is 8.02.